The molecule has 0 N–H and O–H groups in total. The number of esters is 1. The van der Waals surface area contributed by atoms with Crippen LogP contribution in [0, 0.1) is 18.3 Å². The normalized spacial score (nSPS) is 9.56. The van der Waals surface area contributed by atoms with Gasteiger partial charge in [0.25, 0.3) is 0 Å². The monoisotopic (exact) mass is 235 g/mol. The molecule has 0 radical (unpaired) electrons. The molecule has 0 aliphatic rings. The summed E-state index contributed by atoms with van der Waals surface area (Å²) in [6, 6.07) is 7.67. The Labute approximate surface area is 99.4 Å². The van der Waals surface area contributed by atoms with E-state index in [9.17, 15) is 4.79 Å². The van der Waals surface area contributed by atoms with Crippen LogP contribution in [0.25, 0.3) is 0 Å². The molecule has 0 bridgehead atoms. The lowest BCUT2D eigenvalue weighted by atomic mass is 10.1. The molecule has 0 amide bonds. The third-order valence-corrected chi connectivity index (χ3v) is 3.13. The molecule has 0 fully saturated rings. The quantitative estimate of drug-likeness (QED) is 0.751. The molecule has 1 aromatic rings. The maximum atomic E-state index is 10.9. The minimum Gasteiger partial charge on any atom is -0.468 e. The first-order valence-electron chi connectivity index (χ1n) is 4.81. The van der Waals surface area contributed by atoms with Crippen molar-refractivity contribution in [1.82, 2.24) is 0 Å². The first-order chi connectivity index (χ1) is 7.67. The molecular weight excluding hydrogens is 222 g/mol. The van der Waals surface area contributed by atoms with Crippen molar-refractivity contribution in [3.63, 3.8) is 0 Å². The standard InChI is InChI=1S/C12H13NO2S/c1-9-5-10(6-13)3-4-11(9)7-16-8-12(14)15-2/h3-5H,7-8H2,1-2H3. The van der Waals surface area contributed by atoms with Crippen LogP contribution in [0.1, 0.15) is 16.7 Å². The summed E-state index contributed by atoms with van der Waals surface area (Å²) in [6.45, 7) is 1.97. The van der Waals surface area contributed by atoms with Crippen LogP contribution in [0.5, 0.6) is 0 Å². The lowest BCUT2D eigenvalue weighted by molar-refractivity contribution is -0.137. The Morgan fingerprint density at radius 3 is 2.88 bits per heavy atom. The predicted octanol–water partition coefficient (Wildman–Crippen LogP) is 2.27. The maximum absolute atomic E-state index is 10.9. The number of hydrogen-bond acceptors (Lipinski definition) is 4. The molecule has 0 atom stereocenters. The fourth-order valence-electron chi connectivity index (χ4n) is 1.23. The fourth-order valence-corrected chi connectivity index (χ4v) is 2.16. The van der Waals surface area contributed by atoms with Crippen molar-refractivity contribution in [2.75, 3.05) is 12.9 Å². The molecule has 0 heterocycles. The van der Waals surface area contributed by atoms with Gasteiger partial charge in [0, 0.05) is 5.75 Å². The van der Waals surface area contributed by atoms with Gasteiger partial charge in [0.1, 0.15) is 0 Å². The minimum atomic E-state index is -0.212. The van der Waals surface area contributed by atoms with Crippen molar-refractivity contribution in [2.24, 2.45) is 0 Å². The third kappa shape index (κ3) is 3.59. The van der Waals surface area contributed by atoms with Crippen LogP contribution in [-0.4, -0.2) is 18.8 Å². The number of ether oxygens (including phenoxy) is 1. The van der Waals surface area contributed by atoms with Crippen LogP contribution in [0.15, 0.2) is 18.2 Å². The van der Waals surface area contributed by atoms with Crippen LogP contribution in [0.3, 0.4) is 0 Å². The molecule has 0 spiro atoms. The van der Waals surface area contributed by atoms with Gasteiger partial charge in [-0.05, 0) is 30.2 Å². The van der Waals surface area contributed by atoms with Gasteiger partial charge in [0.05, 0.1) is 24.5 Å². The van der Waals surface area contributed by atoms with Gasteiger partial charge < -0.3 is 4.74 Å². The van der Waals surface area contributed by atoms with E-state index in [0.29, 0.717) is 11.3 Å². The maximum Gasteiger partial charge on any atom is 0.315 e. The highest BCUT2D eigenvalue weighted by Crippen LogP contribution is 2.17. The number of carbonyl (C=O) groups excluding carboxylic acids is 1. The van der Waals surface area contributed by atoms with Gasteiger partial charge in [-0.15, -0.1) is 11.8 Å². The summed E-state index contributed by atoms with van der Waals surface area (Å²) in [4.78, 5) is 10.9. The zero-order valence-electron chi connectivity index (χ0n) is 9.32. The van der Waals surface area contributed by atoms with Gasteiger partial charge in [0.15, 0.2) is 0 Å². The van der Waals surface area contributed by atoms with Gasteiger partial charge in [-0.2, -0.15) is 5.26 Å². The lowest BCUT2D eigenvalue weighted by Gasteiger charge is -2.05. The van der Waals surface area contributed by atoms with Crippen molar-refractivity contribution in [2.45, 2.75) is 12.7 Å². The first-order valence-corrected chi connectivity index (χ1v) is 5.97. The highest BCUT2D eigenvalue weighted by Gasteiger charge is 2.03. The van der Waals surface area contributed by atoms with Gasteiger partial charge >= 0.3 is 5.97 Å². The first kappa shape index (κ1) is 12.6. The summed E-state index contributed by atoms with van der Waals surface area (Å²) in [6.07, 6.45) is 0. The Balaban J connectivity index is 2.55. The van der Waals surface area contributed by atoms with E-state index in [-0.39, 0.29) is 5.97 Å². The molecule has 3 nitrogen and oxygen atoms in total. The Hall–Kier alpha value is -1.47. The van der Waals surface area contributed by atoms with Crippen molar-refractivity contribution < 1.29 is 9.53 Å². The number of nitrogens with zero attached hydrogens (tertiary/aromatic N) is 1. The molecule has 1 rings (SSSR count). The van der Waals surface area contributed by atoms with E-state index in [0.717, 1.165) is 16.9 Å². The van der Waals surface area contributed by atoms with E-state index in [4.69, 9.17) is 5.26 Å². The molecule has 84 valence electrons. The highest BCUT2D eigenvalue weighted by molar-refractivity contribution is 7.99. The van der Waals surface area contributed by atoms with Crippen molar-refractivity contribution >= 4 is 17.7 Å². The van der Waals surface area contributed by atoms with Gasteiger partial charge in [-0.1, -0.05) is 6.07 Å². The van der Waals surface area contributed by atoms with Gasteiger partial charge in [-0.3, -0.25) is 4.79 Å². The third-order valence-electron chi connectivity index (χ3n) is 2.18. The van der Waals surface area contributed by atoms with Crippen LogP contribution in [0.2, 0.25) is 0 Å². The summed E-state index contributed by atoms with van der Waals surface area (Å²) in [5.74, 6) is 0.902. The van der Waals surface area contributed by atoms with Crippen LogP contribution < -0.4 is 0 Å². The lowest BCUT2D eigenvalue weighted by Crippen LogP contribution is -2.03. The Morgan fingerprint density at radius 2 is 2.31 bits per heavy atom. The molecule has 0 aromatic heterocycles. The summed E-state index contributed by atoms with van der Waals surface area (Å²) < 4.78 is 4.55. The smallest absolute Gasteiger partial charge is 0.315 e. The zero-order chi connectivity index (χ0) is 12.0. The van der Waals surface area contributed by atoms with Crippen molar-refractivity contribution in [1.29, 1.82) is 5.26 Å². The number of benzene rings is 1. The Kier molecular flexibility index (Phi) is 4.87. The molecular formula is C12H13NO2S. The topological polar surface area (TPSA) is 50.1 Å². The van der Waals surface area contributed by atoms with Gasteiger partial charge in [0.2, 0.25) is 0 Å². The second-order valence-corrected chi connectivity index (χ2v) is 4.31. The molecule has 1 aromatic carbocycles. The van der Waals surface area contributed by atoms with Crippen molar-refractivity contribution in [3.05, 3.63) is 34.9 Å². The Bertz CT molecular complexity index is 424. The van der Waals surface area contributed by atoms with E-state index >= 15 is 0 Å². The summed E-state index contributed by atoms with van der Waals surface area (Å²) in [7, 11) is 1.38. The molecule has 16 heavy (non-hydrogen) atoms. The van der Waals surface area contributed by atoms with E-state index in [1.807, 2.05) is 19.1 Å². The van der Waals surface area contributed by atoms with Crippen molar-refractivity contribution in [3.8, 4) is 6.07 Å². The average Bonchev–Trinajstić information content (AvgIpc) is 2.30. The fraction of sp³-hybridized carbons (Fsp3) is 0.333. The average molecular weight is 235 g/mol. The molecule has 0 unspecified atom stereocenters. The molecule has 4 heteroatoms. The Morgan fingerprint density at radius 1 is 1.56 bits per heavy atom. The number of aryl methyl sites for hydroxylation is 1. The highest BCUT2D eigenvalue weighted by atomic mass is 32.2. The number of methoxy groups -OCH3 is 1. The molecule has 0 saturated carbocycles. The second kappa shape index (κ2) is 6.19. The van der Waals surface area contributed by atoms with E-state index < -0.39 is 0 Å². The molecule has 0 aliphatic heterocycles. The van der Waals surface area contributed by atoms with E-state index in [1.54, 1.807) is 6.07 Å². The SMILES string of the molecule is COC(=O)CSCc1ccc(C#N)cc1C. The second-order valence-electron chi connectivity index (χ2n) is 3.32. The van der Waals surface area contributed by atoms with Crippen LogP contribution >= 0.6 is 11.8 Å². The minimum absolute atomic E-state index is 0.212. The number of rotatable bonds is 4. The molecule has 0 aliphatic carbocycles. The summed E-state index contributed by atoms with van der Waals surface area (Å²) >= 11 is 1.51. The summed E-state index contributed by atoms with van der Waals surface area (Å²) in [5, 5.41) is 8.72. The van der Waals surface area contributed by atoms with E-state index in [2.05, 4.69) is 10.8 Å². The number of carbonyl (C=O) groups is 1. The summed E-state index contributed by atoms with van der Waals surface area (Å²) in [5.41, 5.74) is 2.89. The van der Waals surface area contributed by atoms with Crippen LogP contribution in [-0.2, 0) is 15.3 Å². The van der Waals surface area contributed by atoms with E-state index in [1.165, 1.54) is 18.9 Å². The number of thioether (sulfide) groups is 1. The number of hydrogen-bond donors (Lipinski definition) is 0. The van der Waals surface area contributed by atoms with Crippen LogP contribution in [0.4, 0.5) is 0 Å². The van der Waals surface area contributed by atoms with Gasteiger partial charge in [-0.25, -0.2) is 0 Å². The predicted molar refractivity (Wildman–Crippen MR) is 64.1 cm³/mol. The largest absolute Gasteiger partial charge is 0.468 e. The number of nitriles is 1. The zero-order valence-corrected chi connectivity index (χ0v) is 10.1. The molecule has 0 saturated heterocycles.